The van der Waals surface area contributed by atoms with Gasteiger partial charge in [0.2, 0.25) is 0 Å². The number of aryl methyl sites for hydroxylation is 1. The molecule has 0 spiro atoms. The SMILES string of the molecule is CCn1cccc1C(=O)NCC1(C(=O)O)CCCCC1. The molecule has 1 aromatic rings. The Bertz CT molecular complexity index is 487. The van der Waals surface area contributed by atoms with E-state index in [1.54, 1.807) is 6.07 Å². The first-order chi connectivity index (χ1) is 9.59. The van der Waals surface area contributed by atoms with Gasteiger partial charge in [-0.1, -0.05) is 19.3 Å². The largest absolute Gasteiger partial charge is 0.481 e. The highest BCUT2D eigenvalue weighted by atomic mass is 16.4. The minimum atomic E-state index is -0.789. The average molecular weight is 278 g/mol. The van der Waals surface area contributed by atoms with Gasteiger partial charge in [0.1, 0.15) is 5.69 Å². The minimum Gasteiger partial charge on any atom is -0.481 e. The van der Waals surface area contributed by atoms with Crippen LogP contribution in [-0.2, 0) is 11.3 Å². The van der Waals surface area contributed by atoms with Crippen molar-refractivity contribution in [3.8, 4) is 0 Å². The second-order valence-electron chi connectivity index (χ2n) is 5.51. The smallest absolute Gasteiger partial charge is 0.311 e. The van der Waals surface area contributed by atoms with Gasteiger partial charge < -0.3 is 15.0 Å². The summed E-state index contributed by atoms with van der Waals surface area (Å²) in [7, 11) is 0. The van der Waals surface area contributed by atoms with Crippen LogP contribution in [-0.4, -0.2) is 28.1 Å². The number of carbonyl (C=O) groups excluding carboxylic acids is 1. The number of carboxylic acids is 1. The van der Waals surface area contributed by atoms with Crippen LogP contribution in [0.2, 0.25) is 0 Å². The third-order valence-corrected chi connectivity index (χ3v) is 4.25. The number of aromatic nitrogens is 1. The summed E-state index contributed by atoms with van der Waals surface area (Å²) in [5.74, 6) is -0.980. The predicted octanol–water partition coefficient (Wildman–Crippen LogP) is 2.27. The van der Waals surface area contributed by atoms with E-state index in [0.717, 1.165) is 25.8 Å². The van der Waals surface area contributed by atoms with Crippen LogP contribution in [0.1, 0.15) is 49.5 Å². The molecule has 0 bridgehead atoms. The van der Waals surface area contributed by atoms with Gasteiger partial charge in [-0.25, -0.2) is 0 Å². The van der Waals surface area contributed by atoms with E-state index in [1.807, 2.05) is 23.8 Å². The van der Waals surface area contributed by atoms with Crippen molar-refractivity contribution in [2.45, 2.75) is 45.6 Å². The highest BCUT2D eigenvalue weighted by molar-refractivity contribution is 5.93. The monoisotopic (exact) mass is 278 g/mol. The predicted molar refractivity (Wildman–Crippen MR) is 75.6 cm³/mol. The first-order valence-electron chi connectivity index (χ1n) is 7.26. The van der Waals surface area contributed by atoms with Gasteiger partial charge in [-0.05, 0) is 31.9 Å². The van der Waals surface area contributed by atoms with Crippen LogP contribution < -0.4 is 5.32 Å². The molecule has 0 aromatic carbocycles. The van der Waals surface area contributed by atoms with Gasteiger partial charge >= 0.3 is 5.97 Å². The van der Waals surface area contributed by atoms with Crippen LogP contribution in [0.25, 0.3) is 0 Å². The molecule has 1 heterocycles. The fraction of sp³-hybridized carbons (Fsp3) is 0.600. The topological polar surface area (TPSA) is 71.3 Å². The third-order valence-electron chi connectivity index (χ3n) is 4.25. The summed E-state index contributed by atoms with van der Waals surface area (Å²) in [6.07, 6.45) is 6.08. The van der Waals surface area contributed by atoms with Gasteiger partial charge in [-0.2, -0.15) is 0 Å². The van der Waals surface area contributed by atoms with Crippen molar-refractivity contribution in [3.05, 3.63) is 24.0 Å². The lowest BCUT2D eigenvalue weighted by Gasteiger charge is -2.33. The van der Waals surface area contributed by atoms with E-state index >= 15 is 0 Å². The van der Waals surface area contributed by atoms with Crippen molar-refractivity contribution in [1.82, 2.24) is 9.88 Å². The van der Waals surface area contributed by atoms with Crippen LogP contribution in [0.5, 0.6) is 0 Å². The lowest BCUT2D eigenvalue weighted by molar-refractivity contribution is -0.150. The molecule has 2 rings (SSSR count). The maximum atomic E-state index is 12.2. The first-order valence-corrected chi connectivity index (χ1v) is 7.26. The molecule has 1 aromatic heterocycles. The van der Waals surface area contributed by atoms with Crippen molar-refractivity contribution < 1.29 is 14.7 Å². The van der Waals surface area contributed by atoms with E-state index in [2.05, 4.69) is 5.32 Å². The van der Waals surface area contributed by atoms with Gasteiger partial charge in [0.25, 0.3) is 5.91 Å². The number of aliphatic carboxylic acids is 1. The highest BCUT2D eigenvalue weighted by Gasteiger charge is 2.39. The van der Waals surface area contributed by atoms with Crippen molar-refractivity contribution in [2.75, 3.05) is 6.54 Å². The number of nitrogens with one attached hydrogen (secondary N) is 1. The van der Waals surface area contributed by atoms with E-state index in [1.165, 1.54) is 0 Å². The number of rotatable bonds is 5. The summed E-state index contributed by atoms with van der Waals surface area (Å²) < 4.78 is 1.85. The average Bonchev–Trinajstić information content (AvgIpc) is 2.94. The Hall–Kier alpha value is -1.78. The molecule has 2 N–H and O–H groups in total. The van der Waals surface area contributed by atoms with Gasteiger partial charge in [-0.15, -0.1) is 0 Å². The third kappa shape index (κ3) is 2.86. The summed E-state index contributed by atoms with van der Waals surface area (Å²) in [5, 5.41) is 12.3. The van der Waals surface area contributed by atoms with Crippen LogP contribution >= 0.6 is 0 Å². The zero-order valence-corrected chi connectivity index (χ0v) is 11.9. The first kappa shape index (κ1) is 14.6. The van der Waals surface area contributed by atoms with E-state index in [-0.39, 0.29) is 12.5 Å². The highest BCUT2D eigenvalue weighted by Crippen LogP contribution is 2.36. The Balaban J connectivity index is 2.03. The maximum Gasteiger partial charge on any atom is 0.311 e. The molecule has 0 atom stereocenters. The lowest BCUT2D eigenvalue weighted by Crippen LogP contribution is -2.44. The normalized spacial score (nSPS) is 17.6. The molecule has 5 heteroatoms. The zero-order valence-electron chi connectivity index (χ0n) is 11.9. The summed E-state index contributed by atoms with van der Waals surface area (Å²) in [6, 6.07) is 3.58. The van der Waals surface area contributed by atoms with E-state index in [9.17, 15) is 14.7 Å². The van der Waals surface area contributed by atoms with Crippen LogP contribution in [0.3, 0.4) is 0 Å². The fourth-order valence-electron chi connectivity index (χ4n) is 2.93. The summed E-state index contributed by atoms with van der Waals surface area (Å²) in [6.45, 7) is 2.91. The Kier molecular flexibility index (Phi) is 4.47. The van der Waals surface area contributed by atoms with E-state index < -0.39 is 11.4 Å². The molecule has 0 unspecified atom stereocenters. The molecule has 0 aliphatic heterocycles. The molecule has 1 amide bonds. The number of hydrogen-bond acceptors (Lipinski definition) is 2. The van der Waals surface area contributed by atoms with Gasteiger partial charge in [-0.3, -0.25) is 9.59 Å². The summed E-state index contributed by atoms with van der Waals surface area (Å²) >= 11 is 0. The van der Waals surface area contributed by atoms with E-state index in [0.29, 0.717) is 18.5 Å². The molecule has 1 aliphatic carbocycles. The maximum absolute atomic E-state index is 12.2. The number of hydrogen-bond donors (Lipinski definition) is 2. The standard InChI is InChI=1S/C15H22N2O3/c1-2-17-10-6-7-12(17)13(18)16-11-15(14(19)20)8-4-3-5-9-15/h6-7,10H,2-5,8-9,11H2,1H3,(H,16,18)(H,19,20). The second-order valence-corrected chi connectivity index (χ2v) is 5.51. The van der Waals surface area contributed by atoms with Crippen molar-refractivity contribution in [1.29, 1.82) is 0 Å². The summed E-state index contributed by atoms with van der Waals surface area (Å²) in [5.41, 5.74) is -0.193. The minimum absolute atomic E-state index is 0.192. The van der Waals surface area contributed by atoms with Crippen molar-refractivity contribution in [2.24, 2.45) is 5.41 Å². The molecule has 0 saturated heterocycles. The molecule has 1 saturated carbocycles. The summed E-state index contributed by atoms with van der Waals surface area (Å²) in [4.78, 5) is 23.7. The molecular formula is C15H22N2O3. The molecule has 5 nitrogen and oxygen atoms in total. The molecular weight excluding hydrogens is 256 g/mol. The Labute approximate surface area is 119 Å². The number of carbonyl (C=O) groups is 2. The van der Waals surface area contributed by atoms with Crippen LogP contribution in [0.4, 0.5) is 0 Å². The number of nitrogens with zero attached hydrogens (tertiary/aromatic N) is 1. The van der Waals surface area contributed by atoms with Crippen LogP contribution in [0, 0.1) is 5.41 Å². The zero-order chi connectivity index (χ0) is 14.6. The van der Waals surface area contributed by atoms with Crippen LogP contribution in [0.15, 0.2) is 18.3 Å². The molecule has 0 radical (unpaired) electrons. The van der Waals surface area contributed by atoms with Gasteiger partial charge in [0.15, 0.2) is 0 Å². The Morgan fingerprint density at radius 2 is 2.05 bits per heavy atom. The molecule has 110 valence electrons. The number of amides is 1. The van der Waals surface area contributed by atoms with Gasteiger partial charge in [0.05, 0.1) is 5.41 Å². The van der Waals surface area contributed by atoms with Gasteiger partial charge in [0, 0.05) is 19.3 Å². The molecule has 1 aliphatic rings. The quantitative estimate of drug-likeness (QED) is 0.868. The Morgan fingerprint density at radius 3 is 2.65 bits per heavy atom. The fourth-order valence-corrected chi connectivity index (χ4v) is 2.93. The van der Waals surface area contributed by atoms with E-state index in [4.69, 9.17) is 0 Å². The Morgan fingerprint density at radius 1 is 1.35 bits per heavy atom. The lowest BCUT2D eigenvalue weighted by atomic mass is 9.74. The number of carboxylic acid groups (broad SMARTS) is 1. The second kappa shape index (κ2) is 6.11. The van der Waals surface area contributed by atoms with Crippen molar-refractivity contribution in [3.63, 3.8) is 0 Å². The molecule has 1 fully saturated rings. The molecule has 20 heavy (non-hydrogen) atoms. The van der Waals surface area contributed by atoms with Crippen molar-refractivity contribution >= 4 is 11.9 Å².